The van der Waals surface area contributed by atoms with Gasteiger partial charge in [-0.2, -0.15) is 0 Å². The van der Waals surface area contributed by atoms with Crippen LogP contribution in [0, 0.1) is 6.92 Å². The van der Waals surface area contributed by atoms with Crippen LogP contribution in [0.4, 0.5) is 5.69 Å². The van der Waals surface area contributed by atoms with E-state index in [9.17, 15) is 4.79 Å². The summed E-state index contributed by atoms with van der Waals surface area (Å²) in [6.07, 6.45) is 5.61. The van der Waals surface area contributed by atoms with Gasteiger partial charge in [-0.3, -0.25) is 9.48 Å². The molecule has 3 heterocycles. The maximum absolute atomic E-state index is 12.5. The van der Waals surface area contributed by atoms with Crippen LogP contribution in [0.2, 0.25) is 0 Å². The zero-order valence-electron chi connectivity index (χ0n) is 15.3. The number of hydrogen-bond donors (Lipinski definition) is 1. The molecule has 0 spiro atoms. The van der Waals surface area contributed by atoms with Gasteiger partial charge in [-0.15, -0.1) is 5.10 Å². The SMILES string of the molecule is COc1nn(C)cc1C(=O)Nc1ccc(-c2cn3ccc(C)cc3n2)cc1. The molecule has 0 aliphatic rings. The monoisotopic (exact) mass is 361 g/mol. The molecule has 4 aromatic rings. The van der Waals surface area contributed by atoms with Crippen molar-refractivity contribution >= 4 is 17.2 Å². The first-order chi connectivity index (χ1) is 13.0. The largest absolute Gasteiger partial charge is 0.479 e. The first-order valence-electron chi connectivity index (χ1n) is 8.48. The molecule has 7 nitrogen and oxygen atoms in total. The number of carbonyl (C=O) groups excluding carboxylic acids is 1. The van der Waals surface area contributed by atoms with E-state index in [1.54, 1.807) is 17.9 Å². The van der Waals surface area contributed by atoms with Crippen LogP contribution in [0.25, 0.3) is 16.9 Å². The standard InChI is InChI=1S/C20H19N5O2/c1-13-8-9-25-12-17(22-18(25)10-13)14-4-6-15(7-5-14)21-19(26)16-11-24(2)23-20(16)27-3/h4-12H,1-3H3,(H,21,26). The summed E-state index contributed by atoms with van der Waals surface area (Å²) in [5.74, 6) is 0.0301. The first kappa shape index (κ1) is 16.8. The summed E-state index contributed by atoms with van der Waals surface area (Å²) in [7, 11) is 3.23. The number of anilines is 1. The lowest BCUT2D eigenvalue weighted by Gasteiger charge is -2.05. The van der Waals surface area contributed by atoms with E-state index in [-0.39, 0.29) is 5.91 Å². The normalized spacial score (nSPS) is 10.9. The number of nitrogens with one attached hydrogen (secondary N) is 1. The molecule has 0 unspecified atom stereocenters. The number of aromatic nitrogens is 4. The molecule has 3 aromatic heterocycles. The Balaban J connectivity index is 1.55. The molecule has 0 bridgehead atoms. The summed E-state index contributed by atoms with van der Waals surface area (Å²) >= 11 is 0. The highest BCUT2D eigenvalue weighted by Gasteiger charge is 2.16. The van der Waals surface area contributed by atoms with Gasteiger partial charge in [-0.25, -0.2) is 4.98 Å². The summed E-state index contributed by atoms with van der Waals surface area (Å²) in [6, 6.07) is 11.7. The summed E-state index contributed by atoms with van der Waals surface area (Å²) in [5.41, 5.74) is 5.02. The predicted molar refractivity (Wildman–Crippen MR) is 103 cm³/mol. The van der Waals surface area contributed by atoms with Crippen LogP contribution in [0.5, 0.6) is 5.88 Å². The topological polar surface area (TPSA) is 73.5 Å². The van der Waals surface area contributed by atoms with E-state index in [1.165, 1.54) is 12.7 Å². The maximum atomic E-state index is 12.5. The molecule has 0 aliphatic heterocycles. The zero-order valence-corrected chi connectivity index (χ0v) is 15.3. The van der Waals surface area contributed by atoms with Crippen LogP contribution in [-0.2, 0) is 7.05 Å². The van der Waals surface area contributed by atoms with Gasteiger partial charge in [0.05, 0.1) is 12.8 Å². The third-order valence-electron chi connectivity index (χ3n) is 4.29. The molecule has 0 atom stereocenters. The Bertz CT molecular complexity index is 1130. The number of aryl methyl sites for hydroxylation is 2. The smallest absolute Gasteiger partial charge is 0.262 e. The second-order valence-corrected chi connectivity index (χ2v) is 6.35. The fourth-order valence-corrected chi connectivity index (χ4v) is 2.92. The van der Waals surface area contributed by atoms with Crippen molar-refractivity contribution in [3.05, 3.63) is 66.1 Å². The summed E-state index contributed by atoms with van der Waals surface area (Å²) in [6.45, 7) is 2.04. The fraction of sp³-hybridized carbons (Fsp3) is 0.150. The van der Waals surface area contributed by atoms with Crippen molar-refractivity contribution in [2.24, 2.45) is 7.05 Å². The Morgan fingerprint density at radius 1 is 1.15 bits per heavy atom. The van der Waals surface area contributed by atoms with Crippen molar-refractivity contribution in [1.82, 2.24) is 19.2 Å². The minimum absolute atomic E-state index is 0.268. The average molecular weight is 361 g/mol. The van der Waals surface area contributed by atoms with Gasteiger partial charge >= 0.3 is 0 Å². The zero-order chi connectivity index (χ0) is 19.0. The lowest BCUT2D eigenvalue weighted by atomic mass is 10.1. The molecule has 0 fully saturated rings. The molecule has 136 valence electrons. The number of benzene rings is 1. The van der Waals surface area contributed by atoms with Crippen LogP contribution in [0.1, 0.15) is 15.9 Å². The Morgan fingerprint density at radius 3 is 2.67 bits per heavy atom. The van der Waals surface area contributed by atoms with Crippen molar-refractivity contribution in [2.45, 2.75) is 6.92 Å². The molecule has 0 radical (unpaired) electrons. The third-order valence-corrected chi connectivity index (χ3v) is 4.29. The lowest BCUT2D eigenvalue weighted by molar-refractivity contribution is 0.102. The highest BCUT2D eigenvalue weighted by molar-refractivity contribution is 6.05. The van der Waals surface area contributed by atoms with Crippen LogP contribution < -0.4 is 10.1 Å². The number of pyridine rings is 1. The van der Waals surface area contributed by atoms with Crippen molar-refractivity contribution in [3.8, 4) is 17.1 Å². The molecule has 0 saturated heterocycles. The van der Waals surface area contributed by atoms with E-state index in [1.807, 2.05) is 60.1 Å². The van der Waals surface area contributed by atoms with Gasteiger partial charge in [0.15, 0.2) is 0 Å². The minimum atomic E-state index is -0.268. The van der Waals surface area contributed by atoms with Gasteiger partial charge in [0.1, 0.15) is 11.2 Å². The van der Waals surface area contributed by atoms with Crippen molar-refractivity contribution < 1.29 is 9.53 Å². The van der Waals surface area contributed by atoms with Crippen LogP contribution in [0.15, 0.2) is 55.0 Å². The quantitative estimate of drug-likeness (QED) is 0.605. The van der Waals surface area contributed by atoms with Crippen molar-refractivity contribution in [3.63, 3.8) is 0 Å². The fourth-order valence-electron chi connectivity index (χ4n) is 2.92. The number of amides is 1. The van der Waals surface area contributed by atoms with Crippen molar-refractivity contribution in [1.29, 1.82) is 0 Å². The van der Waals surface area contributed by atoms with Crippen LogP contribution in [-0.4, -0.2) is 32.2 Å². The number of hydrogen-bond acceptors (Lipinski definition) is 4. The Morgan fingerprint density at radius 2 is 1.93 bits per heavy atom. The number of methoxy groups -OCH3 is 1. The Hall–Kier alpha value is -3.61. The van der Waals surface area contributed by atoms with Gasteiger partial charge < -0.3 is 14.5 Å². The molecule has 7 heteroatoms. The molecule has 1 aromatic carbocycles. The molecular weight excluding hydrogens is 342 g/mol. The van der Waals surface area contributed by atoms with Gasteiger partial charge in [0, 0.05) is 36.9 Å². The Labute approximate surface area is 156 Å². The van der Waals surface area contributed by atoms with E-state index < -0.39 is 0 Å². The van der Waals surface area contributed by atoms with Crippen molar-refractivity contribution in [2.75, 3.05) is 12.4 Å². The molecule has 4 rings (SSSR count). The second kappa shape index (κ2) is 6.60. The Kier molecular flexibility index (Phi) is 4.12. The second-order valence-electron chi connectivity index (χ2n) is 6.35. The highest BCUT2D eigenvalue weighted by Crippen LogP contribution is 2.23. The van der Waals surface area contributed by atoms with Gasteiger partial charge in [-0.1, -0.05) is 12.1 Å². The molecule has 0 saturated carbocycles. The van der Waals surface area contributed by atoms with E-state index in [0.717, 1.165) is 16.9 Å². The number of nitrogens with zero attached hydrogens (tertiary/aromatic N) is 4. The van der Waals surface area contributed by atoms with Gasteiger partial charge in [-0.05, 0) is 36.8 Å². The minimum Gasteiger partial charge on any atom is -0.479 e. The number of fused-ring (bicyclic) bond motifs is 1. The van der Waals surface area contributed by atoms with Crippen LogP contribution >= 0.6 is 0 Å². The molecule has 0 aliphatic carbocycles. The number of carbonyl (C=O) groups is 1. The molecule has 1 amide bonds. The average Bonchev–Trinajstić information content (AvgIpc) is 3.25. The summed E-state index contributed by atoms with van der Waals surface area (Å²) < 4.78 is 8.67. The maximum Gasteiger partial charge on any atom is 0.262 e. The van der Waals surface area contributed by atoms with E-state index in [0.29, 0.717) is 17.1 Å². The molecule has 1 N–H and O–H groups in total. The molecule has 27 heavy (non-hydrogen) atoms. The lowest BCUT2D eigenvalue weighted by Crippen LogP contribution is -2.12. The molecular formula is C20H19N5O2. The van der Waals surface area contributed by atoms with Gasteiger partial charge in [0.2, 0.25) is 5.88 Å². The number of imidazole rings is 1. The number of rotatable bonds is 4. The van der Waals surface area contributed by atoms with E-state index >= 15 is 0 Å². The summed E-state index contributed by atoms with van der Waals surface area (Å²) in [4.78, 5) is 17.1. The third kappa shape index (κ3) is 3.27. The van der Waals surface area contributed by atoms with Gasteiger partial charge in [0.25, 0.3) is 5.91 Å². The van der Waals surface area contributed by atoms with E-state index in [2.05, 4.69) is 15.4 Å². The van der Waals surface area contributed by atoms with E-state index in [4.69, 9.17) is 4.74 Å². The number of ether oxygens (including phenoxy) is 1. The summed E-state index contributed by atoms with van der Waals surface area (Å²) in [5, 5.41) is 6.96. The first-order valence-corrected chi connectivity index (χ1v) is 8.48. The highest BCUT2D eigenvalue weighted by atomic mass is 16.5. The van der Waals surface area contributed by atoms with Crippen LogP contribution in [0.3, 0.4) is 0 Å². The predicted octanol–water partition coefficient (Wildman–Crippen LogP) is 3.30.